The van der Waals surface area contributed by atoms with Crippen LogP contribution in [0.15, 0.2) is 0 Å². The van der Waals surface area contributed by atoms with Gasteiger partial charge >= 0.3 is 18.4 Å². The number of likely N-dealkylation sites (N-methyl/N-ethyl adjacent to an activating group) is 1. The summed E-state index contributed by atoms with van der Waals surface area (Å²) in [5.74, 6) is -1.63. The molecule has 0 bridgehead atoms. The number of halogens is 3. The van der Waals surface area contributed by atoms with E-state index in [-0.39, 0.29) is 0 Å². The average molecular weight is 287 g/mol. The van der Waals surface area contributed by atoms with Gasteiger partial charge in [-0.1, -0.05) is 0 Å². The van der Waals surface area contributed by atoms with Crippen LogP contribution in [0.4, 0.5) is 18.0 Å². The van der Waals surface area contributed by atoms with Crippen molar-refractivity contribution in [3.8, 4) is 0 Å². The minimum atomic E-state index is -4.97. The van der Waals surface area contributed by atoms with E-state index in [4.69, 9.17) is 9.84 Å². The lowest BCUT2D eigenvalue weighted by atomic mass is 10.2. The van der Waals surface area contributed by atoms with E-state index in [1.54, 1.807) is 20.8 Å². The number of hydrogen-bond donors (Lipinski definition) is 1. The molecular weight excluding hydrogens is 271 g/mol. The maximum absolute atomic E-state index is 11.9. The van der Waals surface area contributed by atoms with Crippen LogP contribution in [0.2, 0.25) is 0 Å². The topological polar surface area (TPSA) is 76.1 Å². The molecule has 0 rings (SSSR count). The van der Waals surface area contributed by atoms with Crippen molar-refractivity contribution in [3.63, 3.8) is 0 Å². The molecular formula is C10H16F3NO5. The Labute approximate surface area is 108 Å². The standard InChI is InChI=1S/C10H16F3NO5/c1-9(2,3)19-8(17)14(4)6(7(15)16)5-18-10(11,12)13/h6H,5H2,1-4H3,(H,15,16). The second-order valence-corrected chi connectivity index (χ2v) is 4.70. The molecule has 0 spiro atoms. The first-order chi connectivity index (χ1) is 8.33. The first-order valence-corrected chi connectivity index (χ1v) is 5.23. The van der Waals surface area contributed by atoms with Gasteiger partial charge in [0.2, 0.25) is 0 Å². The van der Waals surface area contributed by atoms with Gasteiger partial charge in [0.05, 0.1) is 6.61 Å². The van der Waals surface area contributed by atoms with Crippen LogP contribution in [0.25, 0.3) is 0 Å². The summed E-state index contributed by atoms with van der Waals surface area (Å²) in [4.78, 5) is 22.9. The Morgan fingerprint density at radius 1 is 1.26 bits per heavy atom. The molecule has 112 valence electrons. The Kier molecular flexibility index (Phi) is 5.61. The molecule has 0 aromatic carbocycles. The molecule has 1 amide bonds. The third-order valence-corrected chi connectivity index (χ3v) is 1.84. The fourth-order valence-electron chi connectivity index (χ4n) is 0.983. The largest absolute Gasteiger partial charge is 0.522 e. The molecule has 9 heteroatoms. The van der Waals surface area contributed by atoms with Crippen LogP contribution in [-0.2, 0) is 14.3 Å². The zero-order valence-electron chi connectivity index (χ0n) is 10.9. The highest BCUT2D eigenvalue weighted by molar-refractivity contribution is 5.80. The lowest BCUT2D eigenvalue weighted by molar-refractivity contribution is -0.327. The summed E-state index contributed by atoms with van der Waals surface area (Å²) < 4.78 is 43.9. The van der Waals surface area contributed by atoms with Gasteiger partial charge in [-0.2, -0.15) is 0 Å². The van der Waals surface area contributed by atoms with Crippen LogP contribution in [0.5, 0.6) is 0 Å². The van der Waals surface area contributed by atoms with E-state index in [1.165, 1.54) is 0 Å². The molecule has 0 fully saturated rings. The fourth-order valence-corrected chi connectivity index (χ4v) is 0.983. The summed E-state index contributed by atoms with van der Waals surface area (Å²) in [7, 11) is 1.02. The van der Waals surface area contributed by atoms with E-state index < -0.39 is 36.7 Å². The van der Waals surface area contributed by atoms with Crippen molar-refractivity contribution in [1.82, 2.24) is 4.90 Å². The fraction of sp³-hybridized carbons (Fsp3) is 0.800. The normalized spacial score (nSPS) is 13.8. The van der Waals surface area contributed by atoms with Crippen molar-refractivity contribution in [3.05, 3.63) is 0 Å². The molecule has 0 aliphatic carbocycles. The third-order valence-electron chi connectivity index (χ3n) is 1.84. The van der Waals surface area contributed by atoms with E-state index in [9.17, 15) is 22.8 Å². The molecule has 0 radical (unpaired) electrons. The zero-order valence-corrected chi connectivity index (χ0v) is 10.9. The van der Waals surface area contributed by atoms with E-state index in [2.05, 4.69) is 4.74 Å². The molecule has 0 saturated carbocycles. The zero-order chi connectivity index (χ0) is 15.4. The number of aliphatic carboxylic acids is 1. The van der Waals surface area contributed by atoms with E-state index >= 15 is 0 Å². The lowest BCUT2D eigenvalue weighted by Crippen LogP contribution is -2.48. The smallest absolute Gasteiger partial charge is 0.480 e. The van der Waals surface area contributed by atoms with Crippen molar-refractivity contribution in [2.75, 3.05) is 13.7 Å². The van der Waals surface area contributed by atoms with Crippen molar-refractivity contribution in [2.24, 2.45) is 0 Å². The lowest BCUT2D eigenvalue weighted by Gasteiger charge is -2.28. The number of hydrogen-bond acceptors (Lipinski definition) is 4. The number of carbonyl (C=O) groups excluding carboxylic acids is 1. The molecule has 19 heavy (non-hydrogen) atoms. The van der Waals surface area contributed by atoms with Gasteiger partial charge in [0, 0.05) is 7.05 Å². The monoisotopic (exact) mass is 287 g/mol. The van der Waals surface area contributed by atoms with Gasteiger partial charge in [0.15, 0.2) is 6.04 Å². The Balaban J connectivity index is 4.71. The Morgan fingerprint density at radius 2 is 1.74 bits per heavy atom. The highest BCUT2D eigenvalue weighted by Gasteiger charge is 2.36. The summed E-state index contributed by atoms with van der Waals surface area (Å²) in [5, 5.41) is 8.79. The number of nitrogens with zero attached hydrogens (tertiary/aromatic N) is 1. The molecule has 6 nitrogen and oxygen atoms in total. The first kappa shape index (κ1) is 17.5. The van der Waals surface area contributed by atoms with Crippen LogP contribution < -0.4 is 0 Å². The molecule has 0 aliphatic rings. The number of carbonyl (C=O) groups is 2. The van der Waals surface area contributed by atoms with Crippen molar-refractivity contribution in [1.29, 1.82) is 0 Å². The number of carboxylic acid groups (broad SMARTS) is 1. The SMILES string of the molecule is CN(C(=O)OC(C)(C)C)C(COC(F)(F)F)C(=O)O. The molecule has 0 heterocycles. The molecule has 0 aromatic rings. The molecule has 0 saturated heterocycles. The second kappa shape index (κ2) is 6.09. The summed E-state index contributed by atoms with van der Waals surface area (Å²) >= 11 is 0. The summed E-state index contributed by atoms with van der Waals surface area (Å²) in [6.07, 6.45) is -6.02. The van der Waals surface area contributed by atoms with Crippen molar-refractivity contribution in [2.45, 2.75) is 38.8 Å². The van der Waals surface area contributed by atoms with Crippen LogP contribution in [0.3, 0.4) is 0 Å². The van der Waals surface area contributed by atoms with Crippen molar-refractivity contribution < 1.29 is 37.3 Å². The number of ether oxygens (including phenoxy) is 2. The van der Waals surface area contributed by atoms with E-state index in [1.807, 2.05) is 0 Å². The highest BCUT2D eigenvalue weighted by Crippen LogP contribution is 2.18. The van der Waals surface area contributed by atoms with Crippen LogP contribution >= 0.6 is 0 Å². The van der Waals surface area contributed by atoms with Crippen LogP contribution in [-0.4, -0.2) is 53.7 Å². The van der Waals surface area contributed by atoms with Crippen LogP contribution in [0.1, 0.15) is 20.8 Å². The van der Waals surface area contributed by atoms with Crippen molar-refractivity contribution >= 4 is 12.1 Å². The Hall–Kier alpha value is -1.51. The number of carboxylic acids is 1. The number of rotatable bonds is 4. The maximum Gasteiger partial charge on any atom is 0.522 e. The van der Waals surface area contributed by atoms with E-state index in [0.717, 1.165) is 7.05 Å². The Bertz CT molecular complexity index is 337. The third kappa shape index (κ3) is 7.50. The van der Waals surface area contributed by atoms with Crippen LogP contribution in [0, 0.1) is 0 Å². The van der Waals surface area contributed by atoms with E-state index in [0.29, 0.717) is 4.90 Å². The molecule has 0 aromatic heterocycles. The summed E-state index contributed by atoms with van der Waals surface area (Å²) in [6.45, 7) is 3.41. The molecule has 1 atom stereocenters. The minimum Gasteiger partial charge on any atom is -0.480 e. The first-order valence-electron chi connectivity index (χ1n) is 5.23. The molecule has 1 unspecified atom stereocenters. The predicted molar refractivity (Wildman–Crippen MR) is 57.4 cm³/mol. The van der Waals surface area contributed by atoms with Gasteiger partial charge in [-0.05, 0) is 20.8 Å². The highest BCUT2D eigenvalue weighted by atomic mass is 19.4. The van der Waals surface area contributed by atoms with Gasteiger partial charge in [-0.15, -0.1) is 13.2 Å². The maximum atomic E-state index is 11.9. The van der Waals surface area contributed by atoms with Gasteiger partial charge in [-0.3, -0.25) is 9.64 Å². The minimum absolute atomic E-state index is 0.541. The number of amides is 1. The predicted octanol–water partition coefficient (Wildman–Crippen LogP) is 1.84. The van der Waals surface area contributed by atoms with Gasteiger partial charge < -0.3 is 9.84 Å². The summed E-state index contributed by atoms with van der Waals surface area (Å²) in [6, 6.07) is -1.79. The van der Waals surface area contributed by atoms with Gasteiger partial charge in [0.25, 0.3) is 0 Å². The summed E-state index contributed by atoms with van der Waals surface area (Å²) in [5.41, 5.74) is -0.890. The quantitative estimate of drug-likeness (QED) is 0.853. The second-order valence-electron chi connectivity index (χ2n) is 4.70. The van der Waals surface area contributed by atoms with Gasteiger partial charge in [-0.25, -0.2) is 9.59 Å². The molecule has 1 N–H and O–H groups in total. The van der Waals surface area contributed by atoms with Gasteiger partial charge in [0.1, 0.15) is 5.60 Å². The average Bonchev–Trinajstić information content (AvgIpc) is 2.12. The Morgan fingerprint density at radius 3 is 2.05 bits per heavy atom. The number of alkyl halides is 3. The molecule has 0 aliphatic heterocycles.